The number of amides is 1. The lowest BCUT2D eigenvalue weighted by atomic mass is 9.88. The van der Waals surface area contributed by atoms with Crippen LogP contribution in [0.4, 0.5) is 10.2 Å². The van der Waals surface area contributed by atoms with E-state index in [4.69, 9.17) is 17.3 Å². The van der Waals surface area contributed by atoms with Crippen molar-refractivity contribution in [3.05, 3.63) is 70.5 Å². The number of aromatic nitrogens is 4. The maximum atomic E-state index is 14.0. The molecule has 2 heterocycles. The van der Waals surface area contributed by atoms with E-state index in [9.17, 15) is 9.18 Å². The van der Waals surface area contributed by atoms with E-state index in [0.717, 1.165) is 0 Å². The van der Waals surface area contributed by atoms with Crippen LogP contribution in [0, 0.1) is 12.7 Å². The summed E-state index contributed by atoms with van der Waals surface area (Å²) in [6.45, 7) is 3.60. The van der Waals surface area contributed by atoms with Gasteiger partial charge in [-0.2, -0.15) is 0 Å². The number of carbonyl (C=O) groups is 1. The summed E-state index contributed by atoms with van der Waals surface area (Å²) in [4.78, 5) is 27.9. The van der Waals surface area contributed by atoms with Crippen LogP contribution in [-0.4, -0.2) is 25.8 Å². The molecule has 0 spiro atoms. The Balaban J connectivity index is 1.90. The Morgan fingerprint density at radius 2 is 2.07 bits per heavy atom. The molecule has 0 saturated carbocycles. The predicted octanol–water partition coefficient (Wildman–Crippen LogP) is 4.39. The fraction of sp³-hybridized carbons (Fsp3) is 0.143. The van der Waals surface area contributed by atoms with E-state index in [2.05, 4.69) is 25.3 Å². The second kappa shape index (κ2) is 7.72. The number of primary amides is 1. The van der Waals surface area contributed by atoms with E-state index in [-0.39, 0.29) is 11.6 Å². The van der Waals surface area contributed by atoms with E-state index < -0.39 is 11.7 Å². The lowest BCUT2D eigenvalue weighted by Gasteiger charge is -2.23. The number of nitrogens with one attached hydrogen (secondary N) is 2. The summed E-state index contributed by atoms with van der Waals surface area (Å²) in [7, 11) is 0. The van der Waals surface area contributed by atoms with Crippen molar-refractivity contribution in [3.63, 3.8) is 0 Å². The molecule has 0 fully saturated rings. The minimum Gasteiger partial charge on any atom is -0.366 e. The number of carbonyl (C=O) groups excluding carboxylic acids is 1. The zero-order chi connectivity index (χ0) is 21.4. The van der Waals surface area contributed by atoms with E-state index in [1.165, 1.54) is 24.8 Å². The third kappa shape index (κ3) is 3.46. The number of imidazole rings is 1. The maximum absolute atomic E-state index is 14.0. The summed E-state index contributed by atoms with van der Waals surface area (Å²) in [6, 6.07) is 7.40. The van der Waals surface area contributed by atoms with Crippen LogP contribution in [0.15, 0.2) is 43.0 Å². The molecule has 7 nitrogen and oxygen atoms in total. The molecule has 4 rings (SSSR count). The maximum Gasteiger partial charge on any atom is 0.249 e. The van der Waals surface area contributed by atoms with Gasteiger partial charge in [-0.1, -0.05) is 23.7 Å². The van der Waals surface area contributed by atoms with E-state index >= 15 is 0 Å². The molecule has 0 aliphatic carbocycles. The number of halogens is 2. The fourth-order valence-corrected chi connectivity index (χ4v) is 3.74. The molecule has 1 amide bonds. The Kier molecular flexibility index (Phi) is 5.09. The number of fused-ring (bicyclic) bond motifs is 1. The van der Waals surface area contributed by atoms with Crippen LogP contribution in [-0.2, 0) is 0 Å². The minimum atomic E-state index is -0.639. The zero-order valence-electron chi connectivity index (χ0n) is 16.2. The van der Waals surface area contributed by atoms with Crippen molar-refractivity contribution in [1.82, 2.24) is 19.9 Å². The number of hydrogen-bond acceptors (Lipinski definition) is 5. The standard InChI is InChI=1S/C21H18ClFN6O/c1-10-15(22)7-14(11(2)29-21-18-20(26-8-25-18)27-9-28-21)17(16(10)19(24)30)12-4-3-5-13(23)6-12/h3-9,11H,1-2H3,(H2,24,30)(H2,25,26,27,28,29). The SMILES string of the molecule is Cc1c(Cl)cc(C(C)Nc2ncnc3[nH]cnc23)c(-c2cccc(F)c2)c1C(N)=O. The lowest BCUT2D eigenvalue weighted by Crippen LogP contribution is -2.18. The van der Waals surface area contributed by atoms with Crippen LogP contribution in [0.5, 0.6) is 0 Å². The Morgan fingerprint density at radius 3 is 2.80 bits per heavy atom. The third-order valence-electron chi connectivity index (χ3n) is 4.95. The number of anilines is 1. The van der Waals surface area contributed by atoms with Crippen molar-refractivity contribution < 1.29 is 9.18 Å². The summed E-state index contributed by atoms with van der Waals surface area (Å²) in [5.74, 6) is -0.549. The number of H-pyrrole nitrogens is 1. The third-order valence-corrected chi connectivity index (χ3v) is 5.34. The molecule has 0 aliphatic heterocycles. The van der Waals surface area contributed by atoms with Gasteiger partial charge in [-0.25, -0.2) is 19.3 Å². The Bertz CT molecular complexity index is 1270. The predicted molar refractivity (Wildman–Crippen MR) is 114 cm³/mol. The number of rotatable bonds is 5. The van der Waals surface area contributed by atoms with Crippen molar-refractivity contribution in [2.45, 2.75) is 19.9 Å². The van der Waals surface area contributed by atoms with Gasteiger partial charge in [0.1, 0.15) is 17.7 Å². The van der Waals surface area contributed by atoms with Crippen molar-refractivity contribution >= 4 is 34.5 Å². The van der Waals surface area contributed by atoms with Gasteiger partial charge in [-0.15, -0.1) is 0 Å². The molecule has 4 aromatic rings. The number of nitrogens with zero attached hydrogens (tertiary/aromatic N) is 3. The molecule has 2 aromatic heterocycles. The number of benzene rings is 2. The van der Waals surface area contributed by atoms with E-state index in [0.29, 0.717) is 44.3 Å². The molecule has 0 aliphatic rings. The summed E-state index contributed by atoms with van der Waals surface area (Å²) >= 11 is 6.43. The Hall–Kier alpha value is -3.52. The average molecular weight is 425 g/mol. The van der Waals surface area contributed by atoms with Crippen LogP contribution < -0.4 is 11.1 Å². The van der Waals surface area contributed by atoms with Crippen LogP contribution >= 0.6 is 11.6 Å². The first-order chi connectivity index (χ1) is 14.4. The topological polar surface area (TPSA) is 110 Å². The van der Waals surface area contributed by atoms with Crippen LogP contribution in [0.3, 0.4) is 0 Å². The molecule has 0 saturated heterocycles. The molecule has 0 bridgehead atoms. The van der Waals surface area contributed by atoms with Gasteiger partial charge in [-0.05, 0) is 48.7 Å². The van der Waals surface area contributed by atoms with Crippen LogP contribution in [0.2, 0.25) is 5.02 Å². The van der Waals surface area contributed by atoms with Gasteiger partial charge in [0, 0.05) is 10.6 Å². The van der Waals surface area contributed by atoms with Crippen molar-refractivity contribution in [2.75, 3.05) is 5.32 Å². The second-order valence-electron chi connectivity index (χ2n) is 6.89. The zero-order valence-corrected chi connectivity index (χ0v) is 17.0. The van der Waals surface area contributed by atoms with Gasteiger partial charge >= 0.3 is 0 Å². The Morgan fingerprint density at radius 1 is 1.27 bits per heavy atom. The molecule has 1 unspecified atom stereocenters. The van der Waals surface area contributed by atoms with Gasteiger partial charge in [0.2, 0.25) is 5.91 Å². The average Bonchev–Trinajstić information content (AvgIpc) is 3.19. The molecular formula is C21H18ClFN6O. The summed E-state index contributed by atoms with van der Waals surface area (Å²) in [5, 5.41) is 3.68. The second-order valence-corrected chi connectivity index (χ2v) is 7.29. The van der Waals surface area contributed by atoms with Crippen molar-refractivity contribution in [3.8, 4) is 11.1 Å². The van der Waals surface area contributed by atoms with Gasteiger partial charge < -0.3 is 16.0 Å². The fourth-order valence-electron chi connectivity index (χ4n) is 3.53. The first-order valence-electron chi connectivity index (χ1n) is 9.16. The van der Waals surface area contributed by atoms with Crippen LogP contribution in [0.1, 0.15) is 34.5 Å². The van der Waals surface area contributed by atoms with Gasteiger partial charge in [0.15, 0.2) is 11.5 Å². The number of hydrogen-bond donors (Lipinski definition) is 3. The summed E-state index contributed by atoms with van der Waals surface area (Å²) < 4.78 is 14.0. The molecule has 152 valence electrons. The normalized spacial score (nSPS) is 12.1. The smallest absolute Gasteiger partial charge is 0.249 e. The summed E-state index contributed by atoms with van der Waals surface area (Å²) in [6.07, 6.45) is 2.95. The highest BCUT2D eigenvalue weighted by atomic mass is 35.5. The molecule has 30 heavy (non-hydrogen) atoms. The van der Waals surface area contributed by atoms with Gasteiger partial charge in [0.25, 0.3) is 0 Å². The van der Waals surface area contributed by atoms with E-state index in [1.807, 2.05) is 6.92 Å². The number of nitrogens with two attached hydrogens (primary N) is 1. The van der Waals surface area contributed by atoms with Gasteiger partial charge in [-0.3, -0.25) is 4.79 Å². The molecule has 9 heteroatoms. The van der Waals surface area contributed by atoms with E-state index in [1.54, 1.807) is 25.1 Å². The molecule has 4 N–H and O–H groups in total. The highest BCUT2D eigenvalue weighted by Gasteiger charge is 2.24. The minimum absolute atomic E-state index is 0.254. The monoisotopic (exact) mass is 424 g/mol. The van der Waals surface area contributed by atoms with Gasteiger partial charge in [0.05, 0.1) is 17.9 Å². The molecule has 0 radical (unpaired) electrons. The highest BCUT2D eigenvalue weighted by molar-refractivity contribution is 6.32. The van der Waals surface area contributed by atoms with Crippen molar-refractivity contribution in [2.24, 2.45) is 5.73 Å². The Labute approximate surface area is 176 Å². The number of aromatic amines is 1. The van der Waals surface area contributed by atoms with Crippen LogP contribution in [0.25, 0.3) is 22.3 Å². The summed E-state index contributed by atoms with van der Waals surface area (Å²) in [5.41, 5.74) is 9.37. The molecule has 1 atom stereocenters. The molecule has 2 aromatic carbocycles. The quantitative estimate of drug-likeness (QED) is 0.440. The largest absolute Gasteiger partial charge is 0.366 e. The first kappa shape index (κ1) is 19.8. The van der Waals surface area contributed by atoms with Crippen molar-refractivity contribution in [1.29, 1.82) is 0 Å². The highest BCUT2D eigenvalue weighted by Crippen LogP contribution is 2.38. The molecular weight excluding hydrogens is 407 g/mol. The lowest BCUT2D eigenvalue weighted by molar-refractivity contribution is 0.1000. The first-order valence-corrected chi connectivity index (χ1v) is 9.54.